The van der Waals surface area contributed by atoms with Crippen molar-refractivity contribution >= 4 is 17.7 Å². The lowest BCUT2D eigenvalue weighted by Gasteiger charge is -2.45. The topological polar surface area (TPSA) is 101 Å². The van der Waals surface area contributed by atoms with Crippen LogP contribution < -0.4 is 10.6 Å². The van der Waals surface area contributed by atoms with E-state index in [9.17, 15) is 14.7 Å². The van der Waals surface area contributed by atoms with E-state index < -0.39 is 12.0 Å². The number of carboxylic acid groups (broad SMARTS) is 1. The number of aliphatic carboxylic acids is 1. The van der Waals surface area contributed by atoms with E-state index in [0.717, 1.165) is 94.6 Å². The van der Waals surface area contributed by atoms with Crippen LogP contribution in [0.5, 0.6) is 0 Å². The Bertz CT molecular complexity index is 876. The number of carboxylic acids is 1. The molecule has 1 aromatic rings. The Morgan fingerprint density at radius 2 is 1.97 bits per heavy atom. The number of aryl methyl sites for hydroxylation is 2. The van der Waals surface area contributed by atoms with Gasteiger partial charge in [-0.15, -0.1) is 0 Å². The summed E-state index contributed by atoms with van der Waals surface area (Å²) in [6.45, 7) is 1.39. The van der Waals surface area contributed by atoms with Crippen molar-refractivity contribution in [2.75, 3.05) is 18.5 Å². The number of hydrogen-bond acceptors (Lipinski definition) is 5. The summed E-state index contributed by atoms with van der Waals surface area (Å²) in [7, 11) is 0. The van der Waals surface area contributed by atoms with Crippen LogP contribution in [-0.2, 0) is 27.2 Å². The molecular weight excluding hydrogens is 430 g/mol. The van der Waals surface area contributed by atoms with Crippen LogP contribution in [0.15, 0.2) is 12.1 Å². The molecule has 2 heterocycles. The highest BCUT2D eigenvalue weighted by Crippen LogP contribution is 2.50. The van der Waals surface area contributed by atoms with Gasteiger partial charge in [0.15, 0.2) is 0 Å². The lowest BCUT2D eigenvalue weighted by Crippen LogP contribution is -2.52. The fourth-order valence-electron chi connectivity index (χ4n) is 6.42. The van der Waals surface area contributed by atoms with Gasteiger partial charge < -0.3 is 20.5 Å². The minimum absolute atomic E-state index is 0.0484. The van der Waals surface area contributed by atoms with Gasteiger partial charge in [-0.3, -0.25) is 4.79 Å². The summed E-state index contributed by atoms with van der Waals surface area (Å²) in [4.78, 5) is 29.5. The first-order chi connectivity index (χ1) is 16.5. The molecule has 7 nitrogen and oxygen atoms in total. The summed E-state index contributed by atoms with van der Waals surface area (Å²) in [5, 5.41) is 15.9. The first kappa shape index (κ1) is 23.6. The van der Waals surface area contributed by atoms with Gasteiger partial charge in [-0.25, -0.2) is 9.78 Å². The molecule has 34 heavy (non-hydrogen) atoms. The Morgan fingerprint density at radius 1 is 1.21 bits per heavy atom. The van der Waals surface area contributed by atoms with Crippen LogP contribution in [-0.4, -0.2) is 47.3 Å². The quantitative estimate of drug-likeness (QED) is 0.477. The Hall–Kier alpha value is -2.15. The predicted octanol–water partition coefficient (Wildman–Crippen LogP) is 4.10. The van der Waals surface area contributed by atoms with Gasteiger partial charge in [0.2, 0.25) is 5.91 Å². The largest absolute Gasteiger partial charge is 0.480 e. The maximum atomic E-state index is 12.9. The van der Waals surface area contributed by atoms with Crippen LogP contribution in [0, 0.1) is 17.3 Å². The summed E-state index contributed by atoms with van der Waals surface area (Å²) in [5.74, 6) is 1.47. The predicted molar refractivity (Wildman–Crippen MR) is 130 cm³/mol. The number of rotatable bonds is 10. The number of carbonyl (C=O) groups excluding carboxylic acids is 1. The standard InChI is InChI=1S/C27H39N3O4/c31-25(32)23(30-26(33)27-11-7-18(8-12-27)9-13-27)10-15-34-22-16-19(17-22)3-5-21-6-4-20-2-1-14-28-24(20)29-21/h4,6,18-19,22-23H,1-3,5,7-17H2,(H,28,29)(H,30,33)(H,31,32). The van der Waals surface area contributed by atoms with Crippen LogP contribution in [0.25, 0.3) is 0 Å². The Labute approximate surface area is 202 Å². The van der Waals surface area contributed by atoms with E-state index in [1.165, 1.54) is 12.0 Å². The number of aromatic nitrogens is 1. The highest BCUT2D eigenvalue weighted by molar-refractivity contribution is 5.87. The van der Waals surface area contributed by atoms with E-state index in [4.69, 9.17) is 9.72 Å². The van der Waals surface area contributed by atoms with Crippen molar-refractivity contribution in [3.63, 3.8) is 0 Å². The van der Waals surface area contributed by atoms with Gasteiger partial charge in [-0.2, -0.15) is 0 Å². The number of fused-ring (bicyclic) bond motifs is 4. The molecule has 0 saturated heterocycles. The van der Waals surface area contributed by atoms with Crippen LogP contribution in [0.2, 0.25) is 0 Å². The molecule has 6 rings (SSSR count). The lowest BCUT2D eigenvalue weighted by atomic mass is 9.60. The van der Waals surface area contributed by atoms with Crippen LogP contribution in [0.1, 0.15) is 81.9 Å². The first-order valence-electron chi connectivity index (χ1n) is 13.4. The summed E-state index contributed by atoms with van der Waals surface area (Å²) < 4.78 is 5.96. The SMILES string of the molecule is O=C(O)C(CCOC1CC(CCc2ccc3c(n2)NCCC3)C1)NC(=O)C12CCC(CC1)CC2. The zero-order chi connectivity index (χ0) is 23.5. The van der Waals surface area contributed by atoms with Crippen LogP contribution >= 0.6 is 0 Å². The number of nitrogens with one attached hydrogen (secondary N) is 2. The van der Waals surface area contributed by atoms with E-state index in [0.29, 0.717) is 18.9 Å². The summed E-state index contributed by atoms with van der Waals surface area (Å²) in [6, 6.07) is 3.52. The fraction of sp³-hybridized carbons (Fsp3) is 0.741. The number of hydrogen-bond donors (Lipinski definition) is 3. The molecular formula is C27H39N3O4. The molecule has 0 radical (unpaired) electrons. The molecule has 1 amide bonds. The van der Waals surface area contributed by atoms with Crippen molar-refractivity contribution in [2.45, 2.75) is 95.6 Å². The van der Waals surface area contributed by atoms with Crippen molar-refractivity contribution < 1.29 is 19.4 Å². The maximum Gasteiger partial charge on any atom is 0.326 e. The summed E-state index contributed by atoms with van der Waals surface area (Å²) in [5.41, 5.74) is 2.16. The molecule has 0 aromatic carbocycles. The number of amides is 1. The molecule has 7 heteroatoms. The zero-order valence-corrected chi connectivity index (χ0v) is 20.2. The van der Waals surface area contributed by atoms with Crippen molar-refractivity contribution in [3.8, 4) is 0 Å². The molecule has 1 aromatic heterocycles. The second-order valence-electron chi connectivity index (χ2n) is 11.1. The van der Waals surface area contributed by atoms with E-state index in [1.54, 1.807) is 0 Å². The minimum Gasteiger partial charge on any atom is -0.480 e. The van der Waals surface area contributed by atoms with E-state index >= 15 is 0 Å². The number of anilines is 1. The van der Waals surface area contributed by atoms with Gasteiger partial charge in [-0.1, -0.05) is 6.07 Å². The third-order valence-electron chi connectivity index (χ3n) is 8.89. The molecule has 4 aliphatic carbocycles. The summed E-state index contributed by atoms with van der Waals surface area (Å²) in [6.07, 6.45) is 13.0. The molecule has 1 atom stereocenters. The fourth-order valence-corrected chi connectivity index (χ4v) is 6.42. The molecule has 2 bridgehead atoms. The number of nitrogens with zero attached hydrogens (tertiary/aromatic N) is 1. The van der Waals surface area contributed by atoms with Gasteiger partial charge >= 0.3 is 5.97 Å². The highest BCUT2D eigenvalue weighted by atomic mass is 16.5. The van der Waals surface area contributed by atoms with E-state index in [1.807, 2.05) is 0 Å². The third-order valence-corrected chi connectivity index (χ3v) is 8.89. The summed E-state index contributed by atoms with van der Waals surface area (Å²) >= 11 is 0. The number of carbonyl (C=O) groups is 2. The zero-order valence-electron chi connectivity index (χ0n) is 20.2. The van der Waals surface area contributed by atoms with Crippen molar-refractivity contribution in [3.05, 3.63) is 23.4 Å². The second kappa shape index (κ2) is 10.2. The average molecular weight is 470 g/mol. The van der Waals surface area contributed by atoms with Crippen molar-refractivity contribution in [1.29, 1.82) is 0 Å². The van der Waals surface area contributed by atoms with E-state index in [-0.39, 0.29) is 17.4 Å². The Kier molecular flexibility index (Phi) is 7.09. The molecule has 3 N–H and O–H groups in total. The number of pyridine rings is 1. The van der Waals surface area contributed by atoms with Crippen molar-refractivity contribution in [1.82, 2.24) is 10.3 Å². The number of ether oxygens (including phenoxy) is 1. The first-order valence-corrected chi connectivity index (χ1v) is 13.4. The average Bonchev–Trinajstić information content (AvgIpc) is 2.84. The smallest absolute Gasteiger partial charge is 0.326 e. The van der Waals surface area contributed by atoms with Gasteiger partial charge in [0, 0.05) is 30.7 Å². The van der Waals surface area contributed by atoms with Crippen LogP contribution in [0.3, 0.4) is 0 Å². The van der Waals surface area contributed by atoms with Crippen LogP contribution in [0.4, 0.5) is 5.82 Å². The van der Waals surface area contributed by atoms with Gasteiger partial charge in [-0.05, 0) is 101 Å². The second-order valence-corrected chi connectivity index (χ2v) is 11.1. The molecule has 0 spiro atoms. The molecule has 5 aliphatic rings. The molecule has 4 saturated carbocycles. The minimum atomic E-state index is -0.962. The van der Waals surface area contributed by atoms with E-state index in [2.05, 4.69) is 22.8 Å². The third kappa shape index (κ3) is 5.24. The lowest BCUT2D eigenvalue weighted by molar-refractivity contribution is -0.147. The Balaban J connectivity index is 1.00. The van der Waals surface area contributed by atoms with Gasteiger partial charge in [0.25, 0.3) is 0 Å². The molecule has 1 unspecified atom stereocenters. The normalized spacial score (nSPS) is 30.5. The van der Waals surface area contributed by atoms with Crippen molar-refractivity contribution in [2.24, 2.45) is 17.3 Å². The highest BCUT2D eigenvalue weighted by Gasteiger charge is 2.46. The van der Waals surface area contributed by atoms with Gasteiger partial charge in [0.1, 0.15) is 11.9 Å². The monoisotopic (exact) mass is 469 g/mol. The van der Waals surface area contributed by atoms with Gasteiger partial charge in [0.05, 0.1) is 6.10 Å². The molecule has 1 aliphatic heterocycles. The Morgan fingerprint density at radius 3 is 2.71 bits per heavy atom. The maximum absolute atomic E-state index is 12.9. The molecule has 4 fully saturated rings. The molecule has 186 valence electrons.